The molecule has 0 aromatic rings. The fourth-order valence-corrected chi connectivity index (χ4v) is 2.70. The molecule has 1 unspecified atom stereocenters. The third-order valence-electron chi connectivity index (χ3n) is 4.07. The molecule has 0 N–H and O–H groups in total. The maximum atomic E-state index is 11.5. The van der Waals surface area contributed by atoms with Crippen LogP contribution in [0.3, 0.4) is 0 Å². The molecule has 3 nitrogen and oxygen atoms in total. The molecule has 1 atom stereocenters. The van der Waals surface area contributed by atoms with Crippen LogP contribution >= 0.6 is 11.6 Å². The summed E-state index contributed by atoms with van der Waals surface area (Å²) >= 11 is 5.70. The van der Waals surface area contributed by atoms with Crippen molar-refractivity contribution < 1.29 is 14.3 Å². The molecular weight excluding hydrogens is 264 g/mol. The smallest absolute Gasteiger partial charge is 0.187 e. The Morgan fingerprint density at radius 1 is 1.32 bits per heavy atom. The van der Waals surface area contributed by atoms with Crippen LogP contribution in [0.5, 0.6) is 0 Å². The van der Waals surface area contributed by atoms with Gasteiger partial charge in [0.1, 0.15) is 6.29 Å². The Balaban J connectivity index is 2.56. The summed E-state index contributed by atoms with van der Waals surface area (Å²) in [5.41, 5.74) is -0.280. The molecule has 110 valence electrons. The molecule has 4 heteroatoms. The van der Waals surface area contributed by atoms with E-state index in [9.17, 15) is 4.79 Å². The molecule has 0 spiro atoms. The summed E-state index contributed by atoms with van der Waals surface area (Å²) in [5, 5.41) is 0. The van der Waals surface area contributed by atoms with Gasteiger partial charge >= 0.3 is 0 Å². The Labute approximate surface area is 121 Å². The molecule has 1 fully saturated rings. The van der Waals surface area contributed by atoms with Crippen LogP contribution < -0.4 is 0 Å². The Morgan fingerprint density at radius 2 is 2.00 bits per heavy atom. The van der Waals surface area contributed by atoms with Gasteiger partial charge in [-0.15, -0.1) is 11.6 Å². The van der Waals surface area contributed by atoms with E-state index in [0.717, 1.165) is 38.4 Å². The number of ether oxygens (including phenoxy) is 2. The first kappa shape index (κ1) is 16.7. The van der Waals surface area contributed by atoms with Gasteiger partial charge in [0.05, 0.1) is 13.2 Å². The zero-order valence-electron chi connectivity index (χ0n) is 11.8. The molecule has 1 heterocycles. The largest absolute Gasteiger partial charge is 0.344 e. The summed E-state index contributed by atoms with van der Waals surface area (Å²) in [5.74, 6) is -0.0304. The molecule has 1 saturated heterocycles. The average molecular weight is 289 g/mol. The third kappa shape index (κ3) is 4.59. The molecule has 0 radical (unpaired) electrons. The van der Waals surface area contributed by atoms with Gasteiger partial charge in [-0.05, 0) is 31.8 Å². The predicted molar refractivity (Wildman–Crippen MR) is 77.4 cm³/mol. The number of hydrogen-bond donors (Lipinski definition) is 0. The van der Waals surface area contributed by atoms with Gasteiger partial charge in [0.2, 0.25) is 0 Å². The van der Waals surface area contributed by atoms with E-state index in [1.807, 2.05) is 0 Å². The lowest BCUT2D eigenvalue weighted by Crippen LogP contribution is -2.31. The molecule has 0 aliphatic carbocycles. The standard InChI is InChI=1S/C15H25ClO3/c1-3-14(13-17,7-5-6-10-16)8-9-15(4-2)18-11-12-19-15/h4,13H,2-3,5-12H2,1H3. The van der Waals surface area contributed by atoms with E-state index in [1.165, 1.54) is 0 Å². The first-order chi connectivity index (χ1) is 9.16. The number of carbonyl (C=O) groups is 1. The number of halogens is 1. The summed E-state index contributed by atoms with van der Waals surface area (Å²) in [6.07, 6.45) is 7.93. The fourth-order valence-electron chi connectivity index (χ4n) is 2.51. The fraction of sp³-hybridized carbons (Fsp3) is 0.800. The second-order valence-electron chi connectivity index (χ2n) is 5.19. The molecule has 1 rings (SSSR count). The Bertz CT molecular complexity index is 287. The van der Waals surface area contributed by atoms with Gasteiger partial charge in [-0.2, -0.15) is 0 Å². The number of carbonyl (C=O) groups excluding carboxylic acids is 1. The highest BCUT2D eigenvalue weighted by atomic mass is 35.5. The topological polar surface area (TPSA) is 35.5 Å². The monoisotopic (exact) mass is 288 g/mol. The summed E-state index contributed by atoms with van der Waals surface area (Å²) in [4.78, 5) is 11.5. The maximum absolute atomic E-state index is 11.5. The summed E-state index contributed by atoms with van der Waals surface area (Å²) in [6.45, 7) is 7.04. The molecule has 0 aromatic heterocycles. The number of rotatable bonds is 10. The summed E-state index contributed by atoms with van der Waals surface area (Å²) < 4.78 is 11.2. The van der Waals surface area contributed by atoms with Crippen molar-refractivity contribution in [3.63, 3.8) is 0 Å². The number of aldehydes is 1. The van der Waals surface area contributed by atoms with Crippen molar-refractivity contribution >= 4 is 17.9 Å². The number of hydrogen-bond acceptors (Lipinski definition) is 3. The summed E-state index contributed by atoms with van der Waals surface area (Å²) in [6, 6.07) is 0. The molecule has 19 heavy (non-hydrogen) atoms. The van der Waals surface area contributed by atoms with Crippen molar-refractivity contribution in [2.24, 2.45) is 5.41 Å². The van der Waals surface area contributed by atoms with Crippen LogP contribution in [-0.2, 0) is 14.3 Å². The van der Waals surface area contributed by atoms with Gasteiger partial charge in [-0.1, -0.05) is 19.9 Å². The molecule has 0 amide bonds. The van der Waals surface area contributed by atoms with Crippen molar-refractivity contribution in [2.45, 2.75) is 51.2 Å². The van der Waals surface area contributed by atoms with Crippen LogP contribution in [-0.4, -0.2) is 31.2 Å². The number of alkyl halides is 1. The first-order valence-corrected chi connectivity index (χ1v) is 7.63. The van der Waals surface area contributed by atoms with Crippen LogP contribution in [0.4, 0.5) is 0 Å². The normalized spacial score (nSPS) is 20.9. The van der Waals surface area contributed by atoms with E-state index < -0.39 is 5.79 Å². The van der Waals surface area contributed by atoms with Crippen molar-refractivity contribution in [3.8, 4) is 0 Å². The van der Waals surface area contributed by atoms with Crippen LogP contribution in [0.2, 0.25) is 0 Å². The lowest BCUT2D eigenvalue weighted by Gasteiger charge is -2.31. The van der Waals surface area contributed by atoms with Crippen LogP contribution in [0.1, 0.15) is 45.4 Å². The van der Waals surface area contributed by atoms with Gasteiger partial charge < -0.3 is 14.3 Å². The Hall–Kier alpha value is -0.380. The Kier molecular flexibility index (Phi) is 7.05. The zero-order valence-corrected chi connectivity index (χ0v) is 12.6. The second kappa shape index (κ2) is 8.03. The lowest BCUT2D eigenvalue weighted by molar-refractivity contribution is -0.132. The zero-order chi connectivity index (χ0) is 14.2. The highest BCUT2D eigenvalue weighted by Crippen LogP contribution is 2.37. The molecule has 0 saturated carbocycles. The van der Waals surface area contributed by atoms with E-state index in [2.05, 4.69) is 13.5 Å². The van der Waals surface area contributed by atoms with Crippen molar-refractivity contribution in [1.82, 2.24) is 0 Å². The molecular formula is C15H25ClO3. The van der Waals surface area contributed by atoms with E-state index in [4.69, 9.17) is 21.1 Å². The van der Waals surface area contributed by atoms with Crippen LogP contribution in [0.25, 0.3) is 0 Å². The van der Waals surface area contributed by atoms with Gasteiger partial charge in [-0.3, -0.25) is 0 Å². The Morgan fingerprint density at radius 3 is 2.47 bits per heavy atom. The minimum absolute atomic E-state index is 0.280. The SMILES string of the molecule is C=CC1(CCC(C=O)(CC)CCCCCl)OCCO1. The van der Waals surface area contributed by atoms with Gasteiger partial charge in [-0.25, -0.2) is 0 Å². The highest BCUT2D eigenvalue weighted by molar-refractivity contribution is 6.17. The first-order valence-electron chi connectivity index (χ1n) is 7.10. The second-order valence-corrected chi connectivity index (χ2v) is 5.57. The maximum Gasteiger partial charge on any atom is 0.187 e. The van der Waals surface area contributed by atoms with Crippen molar-refractivity contribution in [1.29, 1.82) is 0 Å². The van der Waals surface area contributed by atoms with Crippen LogP contribution in [0.15, 0.2) is 12.7 Å². The molecule has 0 aromatic carbocycles. The molecule has 0 bridgehead atoms. The summed E-state index contributed by atoms with van der Waals surface area (Å²) in [7, 11) is 0. The van der Waals surface area contributed by atoms with E-state index in [0.29, 0.717) is 25.5 Å². The van der Waals surface area contributed by atoms with Crippen molar-refractivity contribution in [3.05, 3.63) is 12.7 Å². The van der Waals surface area contributed by atoms with Gasteiger partial charge in [0, 0.05) is 17.7 Å². The van der Waals surface area contributed by atoms with Crippen molar-refractivity contribution in [2.75, 3.05) is 19.1 Å². The predicted octanol–water partition coefficient (Wildman–Crippen LogP) is 3.70. The minimum atomic E-state index is -0.685. The number of unbranched alkanes of at least 4 members (excludes halogenated alkanes) is 1. The lowest BCUT2D eigenvalue weighted by atomic mass is 9.77. The minimum Gasteiger partial charge on any atom is -0.344 e. The van der Waals surface area contributed by atoms with E-state index in [1.54, 1.807) is 6.08 Å². The highest BCUT2D eigenvalue weighted by Gasteiger charge is 2.37. The van der Waals surface area contributed by atoms with Gasteiger partial charge in [0.25, 0.3) is 0 Å². The van der Waals surface area contributed by atoms with E-state index >= 15 is 0 Å². The molecule has 1 aliphatic heterocycles. The van der Waals surface area contributed by atoms with Crippen LogP contribution in [0, 0.1) is 5.41 Å². The third-order valence-corrected chi connectivity index (χ3v) is 4.34. The quantitative estimate of drug-likeness (QED) is 0.266. The molecule has 1 aliphatic rings. The van der Waals surface area contributed by atoms with E-state index in [-0.39, 0.29) is 5.41 Å². The van der Waals surface area contributed by atoms with Gasteiger partial charge in [0.15, 0.2) is 5.79 Å². The average Bonchev–Trinajstić information content (AvgIpc) is 2.93.